The van der Waals surface area contributed by atoms with Crippen molar-refractivity contribution >= 4 is 62.6 Å². The van der Waals surface area contributed by atoms with Crippen molar-refractivity contribution in [3.05, 3.63) is 83.6 Å². The van der Waals surface area contributed by atoms with Crippen molar-refractivity contribution in [2.24, 2.45) is 0 Å². The number of para-hydroxylation sites is 2. The molecule has 4 aromatic rings. The van der Waals surface area contributed by atoms with E-state index in [2.05, 4.69) is 14.5 Å². The predicted molar refractivity (Wildman–Crippen MR) is 164 cm³/mol. The van der Waals surface area contributed by atoms with Crippen molar-refractivity contribution in [2.75, 3.05) is 40.4 Å². The first-order valence-corrected chi connectivity index (χ1v) is 13.8. The van der Waals surface area contributed by atoms with E-state index >= 15 is 0 Å². The number of nitrogens with one attached hydrogen (secondary N) is 1. The molecule has 13 heteroatoms. The van der Waals surface area contributed by atoms with Crippen molar-refractivity contribution in [3.8, 4) is 0 Å². The number of H-pyrrole nitrogens is 1. The van der Waals surface area contributed by atoms with Crippen LogP contribution in [0.4, 0.5) is 9.59 Å². The molecule has 2 aliphatic rings. The second kappa shape index (κ2) is 12.4. The number of aromatic amines is 1. The van der Waals surface area contributed by atoms with Gasteiger partial charge in [-0.3, -0.25) is 28.8 Å². The van der Waals surface area contributed by atoms with E-state index in [4.69, 9.17) is 0 Å². The Morgan fingerprint density at radius 1 is 0.733 bits per heavy atom. The number of carbonyl (C=O) groups is 5. The van der Waals surface area contributed by atoms with Crippen LogP contribution in [0.25, 0.3) is 33.0 Å². The predicted octanol–water partition coefficient (Wildman–Crippen LogP) is 4.31. The monoisotopic (exact) mass is 614 g/mol. The maximum Gasteiger partial charge on any atom is 0.410 e. The normalized spacial score (nSPS) is 15.4. The summed E-state index contributed by atoms with van der Waals surface area (Å²) in [6, 6.07) is 14.7. The van der Waals surface area contributed by atoms with E-state index in [0.29, 0.717) is 22.0 Å². The number of aromatic nitrogens is 2. The third-order valence-corrected chi connectivity index (χ3v) is 7.53. The number of aliphatic hydroxyl groups is 2. The van der Waals surface area contributed by atoms with E-state index in [1.165, 1.54) is 25.7 Å². The van der Waals surface area contributed by atoms with Crippen LogP contribution in [0.15, 0.2) is 72.4 Å². The lowest BCUT2D eigenvalue weighted by molar-refractivity contribution is -0.116. The lowest BCUT2D eigenvalue weighted by Crippen LogP contribution is -2.41. The van der Waals surface area contributed by atoms with E-state index in [9.17, 15) is 34.2 Å². The Kier molecular flexibility index (Phi) is 8.44. The van der Waals surface area contributed by atoms with Crippen LogP contribution in [0.2, 0.25) is 0 Å². The molecule has 3 N–H and O–H groups in total. The van der Waals surface area contributed by atoms with Gasteiger partial charge in [0, 0.05) is 46.7 Å². The SMILES string of the molecule is COC(=O)N1CC(=O)C(c2c[nH]c3ccccc23)=C(O)C1.COC(=O)N1CC(=O)C(c2cn(C(C)=O)c3ccccc23)=C(O)C1. The molecular weight excluding hydrogens is 584 g/mol. The Bertz CT molecular complexity index is 1930. The fraction of sp³-hybridized carbons (Fsp3) is 0.219. The van der Waals surface area contributed by atoms with Crippen LogP contribution in [0, 0.1) is 0 Å². The zero-order valence-corrected chi connectivity index (χ0v) is 24.7. The van der Waals surface area contributed by atoms with Crippen LogP contribution >= 0.6 is 0 Å². The smallest absolute Gasteiger partial charge is 0.410 e. The number of carbonyl (C=O) groups excluding carboxylic acids is 5. The highest BCUT2D eigenvalue weighted by molar-refractivity contribution is 6.27. The average molecular weight is 615 g/mol. The lowest BCUT2D eigenvalue weighted by Gasteiger charge is -2.26. The number of hydrogen-bond donors (Lipinski definition) is 3. The quantitative estimate of drug-likeness (QED) is 0.298. The van der Waals surface area contributed by atoms with Gasteiger partial charge in [0.05, 0.1) is 57.1 Å². The minimum absolute atomic E-state index is 0.0345. The first-order chi connectivity index (χ1) is 21.5. The largest absolute Gasteiger partial charge is 0.510 e. The molecule has 0 unspecified atom stereocenters. The van der Waals surface area contributed by atoms with Crippen LogP contribution in [0.5, 0.6) is 0 Å². The third kappa shape index (κ3) is 5.75. The van der Waals surface area contributed by atoms with E-state index in [1.807, 2.05) is 24.3 Å². The number of fused-ring (bicyclic) bond motifs is 2. The first-order valence-electron chi connectivity index (χ1n) is 13.8. The summed E-state index contributed by atoms with van der Waals surface area (Å²) in [5, 5.41) is 22.1. The Balaban J connectivity index is 0.000000179. The lowest BCUT2D eigenvalue weighted by atomic mass is 9.96. The molecule has 0 aliphatic carbocycles. The summed E-state index contributed by atoms with van der Waals surface area (Å²) in [4.78, 5) is 65.0. The molecule has 13 nitrogen and oxygen atoms in total. The van der Waals surface area contributed by atoms with E-state index in [0.717, 1.165) is 20.7 Å². The molecule has 2 aliphatic heterocycles. The number of methoxy groups -OCH3 is 2. The maximum atomic E-state index is 12.5. The molecule has 2 aromatic heterocycles. The minimum Gasteiger partial charge on any atom is -0.510 e. The molecule has 2 aromatic carbocycles. The molecule has 2 amide bonds. The summed E-state index contributed by atoms with van der Waals surface area (Å²) in [7, 11) is 2.45. The molecule has 45 heavy (non-hydrogen) atoms. The minimum atomic E-state index is -0.680. The third-order valence-electron chi connectivity index (χ3n) is 7.53. The highest BCUT2D eigenvalue weighted by Crippen LogP contribution is 2.32. The van der Waals surface area contributed by atoms with Crippen molar-refractivity contribution < 1.29 is 43.7 Å². The number of Topliss-reactive ketones (excluding diaryl/α,β-unsaturated/α-hetero) is 2. The van der Waals surface area contributed by atoms with Crippen LogP contribution < -0.4 is 0 Å². The zero-order valence-electron chi connectivity index (χ0n) is 24.7. The maximum absolute atomic E-state index is 12.5. The topological polar surface area (TPSA) is 171 Å². The molecule has 0 fully saturated rings. The summed E-state index contributed by atoms with van der Waals surface area (Å²) >= 11 is 0. The first kappa shape index (κ1) is 30.6. The van der Waals surface area contributed by atoms with Crippen molar-refractivity contribution in [1.29, 1.82) is 0 Å². The van der Waals surface area contributed by atoms with Gasteiger partial charge in [-0.2, -0.15) is 0 Å². The number of nitrogens with zero attached hydrogens (tertiary/aromatic N) is 3. The van der Waals surface area contributed by atoms with Crippen LogP contribution in [-0.4, -0.2) is 99.6 Å². The number of aliphatic hydroxyl groups excluding tert-OH is 2. The number of ether oxygens (including phenoxy) is 2. The molecule has 0 atom stereocenters. The number of amides is 2. The second-order valence-corrected chi connectivity index (χ2v) is 10.3. The second-order valence-electron chi connectivity index (χ2n) is 10.3. The molecule has 4 heterocycles. The van der Waals surface area contributed by atoms with E-state index in [1.54, 1.807) is 36.7 Å². The molecule has 0 bridgehead atoms. The van der Waals surface area contributed by atoms with Crippen LogP contribution in [0.3, 0.4) is 0 Å². The van der Waals surface area contributed by atoms with Gasteiger partial charge in [0.25, 0.3) is 0 Å². The van der Waals surface area contributed by atoms with Gasteiger partial charge in [-0.25, -0.2) is 9.59 Å². The summed E-state index contributed by atoms with van der Waals surface area (Å²) in [6.07, 6.45) is 1.93. The van der Waals surface area contributed by atoms with Gasteiger partial charge in [-0.05, 0) is 12.1 Å². The highest BCUT2D eigenvalue weighted by atomic mass is 16.5. The molecule has 0 radical (unpaired) electrons. The Morgan fingerprint density at radius 3 is 1.78 bits per heavy atom. The van der Waals surface area contributed by atoms with E-state index < -0.39 is 18.0 Å². The van der Waals surface area contributed by atoms with Crippen LogP contribution in [0.1, 0.15) is 22.8 Å². The highest BCUT2D eigenvalue weighted by Gasteiger charge is 2.33. The molecular formula is C32H30N4O9. The molecule has 6 rings (SSSR count). The van der Waals surface area contributed by atoms with Gasteiger partial charge in [0.1, 0.15) is 11.5 Å². The zero-order chi connectivity index (χ0) is 32.4. The average Bonchev–Trinajstić information content (AvgIpc) is 3.62. The Hall–Kier alpha value is -5.85. The summed E-state index contributed by atoms with van der Waals surface area (Å²) < 4.78 is 10.6. The van der Waals surface area contributed by atoms with Gasteiger partial charge in [0.2, 0.25) is 5.91 Å². The van der Waals surface area contributed by atoms with Gasteiger partial charge in [-0.1, -0.05) is 36.4 Å². The Labute approximate surface area is 256 Å². The molecule has 0 spiro atoms. The van der Waals surface area contributed by atoms with E-state index in [-0.39, 0.29) is 60.5 Å². The standard InChI is InChI=1S/C17H16N2O5.C15H14N2O4/c1-10(20)19-7-12(11-5-3-4-6-13(11)19)16-14(21)8-18(9-15(16)22)17(23)24-2;1-21-15(20)17-7-12(18)14(13(19)8-17)10-6-16-11-5-3-2-4-9(10)11/h3-7,21H,8-9H2,1-2H3;2-6,16,18H,7-8H2,1H3. The number of rotatable bonds is 2. The molecule has 0 saturated carbocycles. The number of benzene rings is 2. The fourth-order valence-corrected chi connectivity index (χ4v) is 5.50. The van der Waals surface area contributed by atoms with Crippen molar-refractivity contribution in [1.82, 2.24) is 19.4 Å². The summed E-state index contributed by atoms with van der Waals surface area (Å²) in [5.41, 5.74) is 3.06. The van der Waals surface area contributed by atoms with Gasteiger partial charge >= 0.3 is 12.2 Å². The van der Waals surface area contributed by atoms with Crippen LogP contribution in [-0.2, 0) is 19.1 Å². The number of hydrogen-bond acceptors (Lipinski definition) is 9. The summed E-state index contributed by atoms with van der Waals surface area (Å²) in [5.74, 6) is -1.26. The number of ketones is 2. The van der Waals surface area contributed by atoms with Gasteiger partial charge in [-0.15, -0.1) is 0 Å². The van der Waals surface area contributed by atoms with Gasteiger partial charge in [0.15, 0.2) is 11.6 Å². The molecule has 232 valence electrons. The van der Waals surface area contributed by atoms with Gasteiger partial charge < -0.3 is 24.7 Å². The summed E-state index contributed by atoms with van der Waals surface area (Å²) in [6.45, 7) is 0.976. The molecule has 0 saturated heterocycles. The van der Waals surface area contributed by atoms with Crippen molar-refractivity contribution in [2.45, 2.75) is 6.92 Å². The fourth-order valence-electron chi connectivity index (χ4n) is 5.50. The van der Waals surface area contributed by atoms with Crippen molar-refractivity contribution in [3.63, 3.8) is 0 Å². The Morgan fingerprint density at radius 2 is 1.24 bits per heavy atom.